The maximum Gasteiger partial charge on any atom is 0.336 e. The first-order valence-corrected chi connectivity index (χ1v) is 7.09. The second-order valence-corrected chi connectivity index (χ2v) is 6.06. The van der Waals surface area contributed by atoms with Gasteiger partial charge in [-0.3, -0.25) is 0 Å². The lowest BCUT2D eigenvalue weighted by Crippen LogP contribution is -2.25. The molecule has 1 N–H and O–H groups in total. The normalized spacial score (nSPS) is 16.0. The smallest absolute Gasteiger partial charge is 0.336 e. The van der Waals surface area contributed by atoms with Crippen molar-refractivity contribution in [2.45, 2.75) is 23.8 Å². The Kier molecular flexibility index (Phi) is 2.49. The highest BCUT2D eigenvalue weighted by atomic mass is 32.2. The number of fused-ring (bicyclic) bond motifs is 1. The Labute approximate surface area is 103 Å². The fraction of sp³-hybridized carbons (Fsp3) is 0.250. The number of rotatable bonds is 3. The van der Waals surface area contributed by atoms with Gasteiger partial charge in [-0.1, -0.05) is 0 Å². The molecule has 1 aromatic heterocycles. The van der Waals surface area contributed by atoms with E-state index in [0.717, 1.165) is 12.8 Å². The van der Waals surface area contributed by atoms with Crippen molar-refractivity contribution in [2.24, 2.45) is 0 Å². The van der Waals surface area contributed by atoms with Gasteiger partial charge in [-0.2, -0.15) is 0 Å². The maximum absolute atomic E-state index is 12.0. The molecule has 18 heavy (non-hydrogen) atoms. The van der Waals surface area contributed by atoms with Gasteiger partial charge in [-0.15, -0.1) is 0 Å². The van der Waals surface area contributed by atoms with Crippen LogP contribution in [0.4, 0.5) is 0 Å². The van der Waals surface area contributed by atoms with Crippen molar-refractivity contribution >= 4 is 21.0 Å². The molecule has 5 nitrogen and oxygen atoms in total. The number of hydrogen-bond acceptors (Lipinski definition) is 4. The van der Waals surface area contributed by atoms with Gasteiger partial charge in [0, 0.05) is 17.5 Å². The molecule has 0 unspecified atom stereocenters. The van der Waals surface area contributed by atoms with E-state index < -0.39 is 15.6 Å². The van der Waals surface area contributed by atoms with E-state index in [0.29, 0.717) is 11.0 Å². The van der Waals surface area contributed by atoms with Gasteiger partial charge in [-0.05, 0) is 37.1 Å². The first-order valence-electron chi connectivity index (χ1n) is 5.61. The van der Waals surface area contributed by atoms with Gasteiger partial charge < -0.3 is 4.42 Å². The summed E-state index contributed by atoms with van der Waals surface area (Å²) in [7, 11) is -3.47. The average molecular weight is 265 g/mol. The third kappa shape index (κ3) is 2.16. The van der Waals surface area contributed by atoms with Gasteiger partial charge in [0.05, 0.1) is 4.90 Å². The van der Waals surface area contributed by atoms with Crippen LogP contribution in [0.1, 0.15) is 12.8 Å². The largest absolute Gasteiger partial charge is 0.423 e. The standard InChI is InChI=1S/C12H11NO4S/c14-12-6-1-8-7-10(4-5-11(8)17-12)18(15,16)13-9-2-3-9/h1,4-7,9,13H,2-3H2. The van der Waals surface area contributed by atoms with Crippen LogP contribution in [0.15, 0.2) is 44.4 Å². The SMILES string of the molecule is O=c1ccc2cc(S(=O)(=O)NC3CC3)ccc2o1. The molecule has 0 amide bonds. The zero-order valence-electron chi connectivity index (χ0n) is 9.42. The molecule has 0 atom stereocenters. The van der Waals surface area contributed by atoms with Crippen molar-refractivity contribution in [1.29, 1.82) is 0 Å². The van der Waals surface area contributed by atoms with E-state index in [1.54, 1.807) is 6.07 Å². The molecule has 0 aliphatic heterocycles. The van der Waals surface area contributed by atoms with Crippen molar-refractivity contribution in [2.75, 3.05) is 0 Å². The topological polar surface area (TPSA) is 76.4 Å². The molecular formula is C12H11NO4S. The minimum absolute atomic E-state index is 0.0689. The fourth-order valence-electron chi connectivity index (χ4n) is 1.71. The number of sulfonamides is 1. The van der Waals surface area contributed by atoms with E-state index in [9.17, 15) is 13.2 Å². The zero-order chi connectivity index (χ0) is 12.8. The molecule has 2 aromatic rings. The van der Waals surface area contributed by atoms with Gasteiger partial charge >= 0.3 is 5.63 Å². The van der Waals surface area contributed by atoms with Crippen molar-refractivity contribution in [3.8, 4) is 0 Å². The Morgan fingerprint density at radius 3 is 2.67 bits per heavy atom. The van der Waals surface area contributed by atoms with Crippen LogP contribution in [0.25, 0.3) is 11.0 Å². The molecule has 0 bridgehead atoms. The Morgan fingerprint density at radius 1 is 1.17 bits per heavy atom. The van der Waals surface area contributed by atoms with Crippen LogP contribution in [0, 0.1) is 0 Å². The summed E-state index contributed by atoms with van der Waals surface area (Å²) in [6.45, 7) is 0. The third-order valence-electron chi connectivity index (χ3n) is 2.80. The molecule has 3 rings (SSSR count). The summed E-state index contributed by atoms with van der Waals surface area (Å²) < 4.78 is 31.5. The molecule has 1 aliphatic rings. The Hall–Kier alpha value is -1.66. The van der Waals surface area contributed by atoms with E-state index in [1.807, 2.05) is 0 Å². The van der Waals surface area contributed by atoms with Gasteiger partial charge in [0.15, 0.2) is 0 Å². The molecule has 1 heterocycles. The molecule has 0 spiro atoms. The summed E-state index contributed by atoms with van der Waals surface area (Å²) in [4.78, 5) is 11.2. The Morgan fingerprint density at radius 2 is 1.94 bits per heavy atom. The first-order chi connectivity index (χ1) is 8.54. The van der Waals surface area contributed by atoms with Crippen LogP contribution in [-0.4, -0.2) is 14.5 Å². The lowest BCUT2D eigenvalue weighted by molar-refractivity contribution is 0.560. The molecular weight excluding hydrogens is 254 g/mol. The predicted octanol–water partition coefficient (Wildman–Crippen LogP) is 1.23. The van der Waals surface area contributed by atoms with E-state index in [-0.39, 0.29) is 10.9 Å². The second-order valence-electron chi connectivity index (χ2n) is 4.35. The molecule has 1 aliphatic carbocycles. The summed E-state index contributed by atoms with van der Waals surface area (Å²) >= 11 is 0. The van der Waals surface area contributed by atoms with Crippen molar-refractivity contribution in [3.63, 3.8) is 0 Å². The second kappa shape index (κ2) is 3.93. The highest BCUT2D eigenvalue weighted by Crippen LogP contribution is 2.23. The van der Waals surface area contributed by atoms with Crippen LogP contribution in [0.5, 0.6) is 0 Å². The average Bonchev–Trinajstić information content (AvgIpc) is 3.11. The van der Waals surface area contributed by atoms with Gasteiger partial charge in [-0.25, -0.2) is 17.9 Å². The molecule has 94 valence electrons. The zero-order valence-corrected chi connectivity index (χ0v) is 10.2. The molecule has 1 saturated carbocycles. The summed E-state index contributed by atoms with van der Waals surface area (Å²) in [6, 6.07) is 7.33. The van der Waals surface area contributed by atoms with E-state index in [4.69, 9.17) is 4.42 Å². The summed E-state index contributed by atoms with van der Waals surface area (Å²) in [5.41, 5.74) is -0.0675. The van der Waals surface area contributed by atoms with Crippen molar-refractivity contribution in [1.82, 2.24) is 4.72 Å². The Balaban J connectivity index is 2.07. The summed E-state index contributed by atoms with van der Waals surface area (Å²) in [5.74, 6) is 0. The fourth-order valence-corrected chi connectivity index (χ4v) is 3.05. The lowest BCUT2D eigenvalue weighted by Gasteiger charge is -2.05. The van der Waals surface area contributed by atoms with Crippen LogP contribution in [-0.2, 0) is 10.0 Å². The van der Waals surface area contributed by atoms with Crippen molar-refractivity contribution in [3.05, 3.63) is 40.8 Å². The van der Waals surface area contributed by atoms with E-state index in [2.05, 4.69) is 4.72 Å². The summed E-state index contributed by atoms with van der Waals surface area (Å²) in [6.07, 6.45) is 1.78. The van der Waals surface area contributed by atoms with E-state index >= 15 is 0 Å². The molecule has 1 aromatic carbocycles. The highest BCUT2D eigenvalue weighted by Gasteiger charge is 2.28. The van der Waals surface area contributed by atoms with E-state index in [1.165, 1.54) is 24.3 Å². The molecule has 1 fully saturated rings. The third-order valence-corrected chi connectivity index (χ3v) is 4.32. The number of nitrogens with one attached hydrogen (secondary N) is 1. The molecule has 0 saturated heterocycles. The quantitative estimate of drug-likeness (QED) is 0.847. The number of hydrogen-bond donors (Lipinski definition) is 1. The first kappa shape index (κ1) is 11.4. The van der Waals surface area contributed by atoms with Crippen LogP contribution >= 0.6 is 0 Å². The predicted molar refractivity (Wildman–Crippen MR) is 65.8 cm³/mol. The van der Waals surface area contributed by atoms with Crippen molar-refractivity contribution < 1.29 is 12.8 Å². The van der Waals surface area contributed by atoms with Crippen LogP contribution in [0.2, 0.25) is 0 Å². The summed E-state index contributed by atoms with van der Waals surface area (Å²) in [5, 5.41) is 0.591. The molecule has 6 heteroatoms. The monoisotopic (exact) mass is 265 g/mol. The highest BCUT2D eigenvalue weighted by molar-refractivity contribution is 7.89. The van der Waals surface area contributed by atoms with Crippen LogP contribution < -0.4 is 10.3 Å². The Bertz CT molecular complexity index is 759. The molecule has 0 radical (unpaired) electrons. The lowest BCUT2D eigenvalue weighted by atomic mass is 10.2. The van der Waals surface area contributed by atoms with Gasteiger partial charge in [0.1, 0.15) is 5.58 Å². The van der Waals surface area contributed by atoms with Crippen LogP contribution in [0.3, 0.4) is 0 Å². The van der Waals surface area contributed by atoms with Gasteiger partial charge in [0.25, 0.3) is 0 Å². The number of benzene rings is 1. The minimum atomic E-state index is -3.47. The minimum Gasteiger partial charge on any atom is -0.423 e. The van der Waals surface area contributed by atoms with Gasteiger partial charge in [0.2, 0.25) is 10.0 Å². The maximum atomic E-state index is 12.0.